The molecule has 1 aromatic heterocycles. The second-order valence-electron chi connectivity index (χ2n) is 6.63. The number of nitrogens with zero attached hydrogens (tertiary/aromatic N) is 3. The van der Waals surface area contributed by atoms with E-state index in [0.717, 1.165) is 41.8 Å². The van der Waals surface area contributed by atoms with Crippen molar-refractivity contribution < 1.29 is 17.9 Å². The molecule has 2 heterocycles. The molecular formula is C19H23F3N4OS. The van der Waals surface area contributed by atoms with Gasteiger partial charge in [-0.25, -0.2) is 4.98 Å². The van der Waals surface area contributed by atoms with E-state index in [0.29, 0.717) is 30.1 Å². The molecule has 28 heavy (non-hydrogen) atoms. The zero-order valence-corrected chi connectivity index (χ0v) is 16.4. The van der Waals surface area contributed by atoms with Gasteiger partial charge in [-0.2, -0.15) is 13.2 Å². The highest BCUT2D eigenvalue weighted by molar-refractivity contribution is 7.09. The van der Waals surface area contributed by atoms with Crippen molar-refractivity contribution >= 4 is 17.3 Å². The van der Waals surface area contributed by atoms with Crippen molar-refractivity contribution in [3.63, 3.8) is 0 Å². The summed E-state index contributed by atoms with van der Waals surface area (Å²) in [5, 5.41) is 4.53. The van der Waals surface area contributed by atoms with Crippen LogP contribution in [0.25, 0.3) is 0 Å². The molecule has 0 radical (unpaired) electrons. The Morgan fingerprint density at radius 2 is 2.14 bits per heavy atom. The van der Waals surface area contributed by atoms with Crippen LogP contribution in [0.3, 0.4) is 0 Å². The first-order chi connectivity index (χ1) is 13.5. The molecule has 1 atom stereocenters. The molecule has 1 N–H and O–H groups in total. The molecular weight excluding hydrogens is 389 g/mol. The summed E-state index contributed by atoms with van der Waals surface area (Å²) in [5.74, 6) is 1.08. The Labute approximate surface area is 166 Å². The third-order valence-corrected chi connectivity index (χ3v) is 5.35. The molecule has 1 saturated heterocycles. The molecule has 0 spiro atoms. The largest absolute Gasteiger partial charge is 0.434 e. The van der Waals surface area contributed by atoms with Crippen LogP contribution in [0.2, 0.25) is 0 Å². The monoisotopic (exact) mass is 412 g/mol. The SMILES string of the molecule is CN=C(NCc1nc(C(F)(F)F)cs1)N1CCC(COCc2ccccc2)C1. The zero-order chi connectivity index (χ0) is 20.0. The summed E-state index contributed by atoms with van der Waals surface area (Å²) >= 11 is 0.994. The second-order valence-corrected chi connectivity index (χ2v) is 7.57. The van der Waals surface area contributed by atoms with Gasteiger partial charge in [0, 0.05) is 31.4 Å². The normalized spacial score (nSPS) is 17.9. The maximum Gasteiger partial charge on any atom is 0.434 e. The van der Waals surface area contributed by atoms with Gasteiger partial charge in [-0.3, -0.25) is 4.99 Å². The number of benzene rings is 1. The standard InChI is InChI=1S/C19H23F3N4OS/c1-23-18(24-9-17-25-16(13-28-17)19(20,21)22)26-8-7-15(10-26)12-27-11-14-5-3-2-4-6-14/h2-6,13,15H,7-12H2,1H3,(H,23,24). The van der Waals surface area contributed by atoms with Crippen molar-refractivity contribution in [2.75, 3.05) is 26.7 Å². The third-order valence-electron chi connectivity index (χ3n) is 4.50. The van der Waals surface area contributed by atoms with Crippen LogP contribution in [0, 0.1) is 5.92 Å². The zero-order valence-electron chi connectivity index (χ0n) is 15.6. The smallest absolute Gasteiger partial charge is 0.376 e. The number of ether oxygens (including phenoxy) is 1. The Balaban J connectivity index is 1.43. The minimum Gasteiger partial charge on any atom is -0.376 e. The Hall–Kier alpha value is -2.13. The average molecular weight is 412 g/mol. The van der Waals surface area contributed by atoms with E-state index < -0.39 is 11.9 Å². The van der Waals surface area contributed by atoms with E-state index in [9.17, 15) is 13.2 Å². The average Bonchev–Trinajstić information content (AvgIpc) is 3.33. The molecule has 0 amide bonds. The maximum atomic E-state index is 12.6. The predicted molar refractivity (Wildman–Crippen MR) is 103 cm³/mol. The number of hydrogen-bond donors (Lipinski definition) is 1. The van der Waals surface area contributed by atoms with Crippen LogP contribution in [0.1, 0.15) is 22.7 Å². The number of hydrogen-bond acceptors (Lipinski definition) is 4. The van der Waals surface area contributed by atoms with Gasteiger partial charge in [0.1, 0.15) is 5.01 Å². The number of alkyl halides is 3. The van der Waals surface area contributed by atoms with Crippen LogP contribution in [0.15, 0.2) is 40.7 Å². The van der Waals surface area contributed by atoms with Crippen molar-refractivity contribution in [2.45, 2.75) is 25.7 Å². The van der Waals surface area contributed by atoms with E-state index in [1.165, 1.54) is 0 Å². The fraction of sp³-hybridized carbons (Fsp3) is 0.474. The lowest BCUT2D eigenvalue weighted by molar-refractivity contribution is -0.140. The van der Waals surface area contributed by atoms with E-state index in [2.05, 4.69) is 20.2 Å². The minimum absolute atomic E-state index is 0.221. The number of guanidine groups is 1. The number of aliphatic imine (C=N–C) groups is 1. The van der Waals surface area contributed by atoms with E-state index in [1.807, 2.05) is 30.3 Å². The Morgan fingerprint density at radius 1 is 1.36 bits per heavy atom. The molecule has 5 nitrogen and oxygen atoms in total. The van der Waals surface area contributed by atoms with E-state index in [4.69, 9.17) is 4.74 Å². The summed E-state index contributed by atoms with van der Waals surface area (Å²) in [7, 11) is 1.67. The first kappa shape index (κ1) is 20.6. The van der Waals surface area contributed by atoms with Gasteiger partial charge < -0.3 is 15.0 Å². The highest BCUT2D eigenvalue weighted by Gasteiger charge is 2.33. The fourth-order valence-corrected chi connectivity index (χ4v) is 3.83. The van der Waals surface area contributed by atoms with Gasteiger partial charge in [0.05, 0.1) is 19.8 Å². The molecule has 0 bridgehead atoms. The predicted octanol–water partition coefficient (Wildman–Crippen LogP) is 3.78. The van der Waals surface area contributed by atoms with Crippen molar-refractivity contribution in [2.24, 2.45) is 10.9 Å². The Bertz CT molecular complexity index is 779. The van der Waals surface area contributed by atoms with Gasteiger partial charge in [0.2, 0.25) is 0 Å². The molecule has 1 aliphatic heterocycles. The van der Waals surface area contributed by atoms with Crippen molar-refractivity contribution in [3.8, 4) is 0 Å². The van der Waals surface area contributed by atoms with E-state index in [-0.39, 0.29) is 6.54 Å². The summed E-state index contributed by atoms with van der Waals surface area (Å²) in [6, 6.07) is 10.0. The van der Waals surface area contributed by atoms with Gasteiger partial charge >= 0.3 is 6.18 Å². The molecule has 1 unspecified atom stereocenters. The molecule has 0 aliphatic carbocycles. The fourth-order valence-electron chi connectivity index (χ4n) is 3.09. The lowest BCUT2D eigenvalue weighted by Gasteiger charge is -2.21. The highest BCUT2D eigenvalue weighted by atomic mass is 32.1. The highest BCUT2D eigenvalue weighted by Crippen LogP contribution is 2.30. The van der Waals surface area contributed by atoms with Gasteiger partial charge in [-0.1, -0.05) is 30.3 Å². The number of nitrogens with one attached hydrogen (secondary N) is 1. The van der Waals surface area contributed by atoms with Gasteiger partial charge in [0.15, 0.2) is 11.7 Å². The van der Waals surface area contributed by atoms with Gasteiger partial charge in [-0.15, -0.1) is 11.3 Å². The topological polar surface area (TPSA) is 49.8 Å². The number of rotatable bonds is 6. The van der Waals surface area contributed by atoms with Crippen LogP contribution < -0.4 is 5.32 Å². The van der Waals surface area contributed by atoms with E-state index in [1.54, 1.807) is 7.05 Å². The molecule has 2 aromatic rings. The molecule has 1 aromatic carbocycles. The molecule has 0 saturated carbocycles. The van der Waals surface area contributed by atoms with Crippen LogP contribution in [0.5, 0.6) is 0 Å². The second kappa shape index (κ2) is 9.38. The van der Waals surface area contributed by atoms with Crippen LogP contribution in [0.4, 0.5) is 13.2 Å². The Morgan fingerprint density at radius 3 is 2.82 bits per heavy atom. The molecule has 9 heteroatoms. The van der Waals surface area contributed by atoms with E-state index >= 15 is 0 Å². The van der Waals surface area contributed by atoms with Crippen LogP contribution in [-0.2, 0) is 24.1 Å². The molecule has 152 valence electrons. The lowest BCUT2D eigenvalue weighted by Crippen LogP contribution is -2.39. The first-order valence-corrected chi connectivity index (χ1v) is 9.92. The quantitative estimate of drug-likeness (QED) is 0.580. The third kappa shape index (κ3) is 5.68. The van der Waals surface area contributed by atoms with Crippen LogP contribution in [-0.4, -0.2) is 42.6 Å². The van der Waals surface area contributed by atoms with Gasteiger partial charge in [0.25, 0.3) is 0 Å². The maximum absolute atomic E-state index is 12.6. The summed E-state index contributed by atoms with van der Waals surface area (Å²) < 4.78 is 43.8. The van der Waals surface area contributed by atoms with Crippen molar-refractivity contribution in [1.29, 1.82) is 0 Å². The molecule has 1 fully saturated rings. The first-order valence-electron chi connectivity index (χ1n) is 9.04. The summed E-state index contributed by atoms with van der Waals surface area (Å²) in [6.45, 7) is 3.13. The minimum atomic E-state index is -4.40. The lowest BCUT2D eigenvalue weighted by atomic mass is 10.1. The number of aromatic nitrogens is 1. The summed E-state index contributed by atoms with van der Waals surface area (Å²) in [4.78, 5) is 9.99. The Kier molecular flexibility index (Phi) is 6.90. The summed E-state index contributed by atoms with van der Waals surface area (Å²) in [6.07, 6.45) is -3.41. The number of likely N-dealkylation sites (tertiary alicyclic amines) is 1. The van der Waals surface area contributed by atoms with Gasteiger partial charge in [-0.05, 0) is 12.0 Å². The van der Waals surface area contributed by atoms with Crippen molar-refractivity contribution in [3.05, 3.63) is 52.0 Å². The van der Waals surface area contributed by atoms with Crippen molar-refractivity contribution in [1.82, 2.24) is 15.2 Å². The van der Waals surface area contributed by atoms with Crippen LogP contribution >= 0.6 is 11.3 Å². The molecule has 3 rings (SSSR count). The number of halogens is 3. The summed E-state index contributed by atoms with van der Waals surface area (Å²) in [5.41, 5.74) is 0.303. The number of thiazole rings is 1. The molecule has 1 aliphatic rings.